The van der Waals surface area contributed by atoms with Crippen molar-refractivity contribution in [3.63, 3.8) is 0 Å². The molecule has 1 aliphatic rings. The molecular weight excluding hydrogens is 214 g/mol. The maximum Gasteiger partial charge on any atom is 0.149 e. The van der Waals surface area contributed by atoms with Gasteiger partial charge >= 0.3 is 0 Å². The van der Waals surface area contributed by atoms with Gasteiger partial charge in [0.1, 0.15) is 15.7 Å². The van der Waals surface area contributed by atoms with Gasteiger partial charge in [-0.15, -0.1) is 0 Å². The van der Waals surface area contributed by atoms with E-state index < -0.39 is 9.84 Å². The molecule has 0 radical (unpaired) electrons. The van der Waals surface area contributed by atoms with Gasteiger partial charge in [0.25, 0.3) is 0 Å². The third-order valence-corrected chi connectivity index (χ3v) is 3.62. The molecule has 6 heteroatoms. The summed E-state index contributed by atoms with van der Waals surface area (Å²) in [6.07, 6.45) is 4.26. The third-order valence-electron chi connectivity index (χ3n) is 2.69. The Kier molecular flexibility index (Phi) is 2.46. The van der Waals surface area contributed by atoms with Crippen LogP contribution in [0.3, 0.4) is 0 Å². The summed E-state index contributed by atoms with van der Waals surface area (Å²) in [5.41, 5.74) is 8.05. The van der Waals surface area contributed by atoms with Gasteiger partial charge in [0, 0.05) is 11.8 Å². The molecule has 0 spiro atoms. The second-order valence-electron chi connectivity index (χ2n) is 4.02. The molecule has 15 heavy (non-hydrogen) atoms. The minimum atomic E-state index is -2.95. The molecular formula is C9H15N3O2S. The van der Waals surface area contributed by atoms with Crippen molar-refractivity contribution in [1.29, 1.82) is 0 Å². The molecule has 1 aromatic rings. The van der Waals surface area contributed by atoms with E-state index in [1.807, 2.05) is 0 Å². The summed E-state index contributed by atoms with van der Waals surface area (Å²) in [6, 6.07) is 0. The van der Waals surface area contributed by atoms with Crippen LogP contribution in [0.15, 0.2) is 0 Å². The first kappa shape index (κ1) is 10.5. The van der Waals surface area contributed by atoms with Gasteiger partial charge in [-0.2, -0.15) is 5.10 Å². The van der Waals surface area contributed by atoms with E-state index in [1.54, 1.807) is 4.68 Å². The average Bonchev–Trinajstić information content (AvgIpc) is 2.65. The Hall–Kier alpha value is -1.04. The van der Waals surface area contributed by atoms with Crippen LogP contribution >= 0.6 is 0 Å². The molecule has 0 fully saturated rings. The highest BCUT2D eigenvalue weighted by Gasteiger charge is 2.20. The molecule has 1 heterocycles. The zero-order valence-electron chi connectivity index (χ0n) is 8.73. The Morgan fingerprint density at radius 1 is 1.47 bits per heavy atom. The van der Waals surface area contributed by atoms with Crippen molar-refractivity contribution in [1.82, 2.24) is 9.78 Å². The number of fused-ring (bicyclic) bond motifs is 1. The molecule has 0 atom stereocenters. The molecule has 1 aromatic heterocycles. The monoisotopic (exact) mass is 229 g/mol. The molecule has 2 rings (SSSR count). The summed E-state index contributed by atoms with van der Waals surface area (Å²) in [5, 5.41) is 4.32. The Balaban J connectivity index is 2.17. The molecule has 0 bridgehead atoms. The fourth-order valence-corrected chi connectivity index (χ4v) is 2.40. The van der Waals surface area contributed by atoms with Gasteiger partial charge in [0.05, 0.1) is 18.0 Å². The Morgan fingerprint density at radius 3 is 2.80 bits per heavy atom. The van der Waals surface area contributed by atoms with Crippen LogP contribution in [0.5, 0.6) is 0 Å². The fraction of sp³-hybridized carbons (Fsp3) is 0.667. The number of aryl methyl sites for hydroxylation is 2. The number of hydrogen-bond donors (Lipinski definition) is 1. The van der Waals surface area contributed by atoms with Crippen LogP contribution in [0.1, 0.15) is 17.7 Å². The number of aromatic nitrogens is 2. The first-order valence-electron chi connectivity index (χ1n) is 4.99. The summed E-state index contributed by atoms with van der Waals surface area (Å²) in [6.45, 7) is 0.359. The van der Waals surface area contributed by atoms with Gasteiger partial charge in [0.15, 0.2) is 0 Å². The molecule has 2 N–H and O–H groups in total. The summed E-state index contributed by atoms with van der Waals surface area (Å²) >= 11 is 0. The lowest BCUT2D eigenvalue weighted by Crippen LogP contribution is -2.14. The SMILES string of the molecule is CS(=O)(=O)CCn1nc2c(c1N)CCC2. The van der Waals surface area contributed by atoms with E-state index >= 15 is 0 Å². The number of anilines is 1. The number of sulfone groups is 1. The minimum absolute atomic E-state index is 0.0950. The van der Waals surface area contributed by atoms with E-state index in [9.17, 15) is 8.42 Å². The van der Waals surface area contributed by atoms with Crippen molar-refractivity contribution >= 4 is 15.7 Å². The van der Waals surface area contributed by atoms with Gasteiger partial charge < -0.3 is 5.73 Å². The molecule has 0 aliphatic heterocycles. The lowest BCUT2D eigenvalue weighted by molar-refractivity contribution is 0.585. The predicted octanol–water partition coefficient (Wildman–Crippen LogP) is -0.00140. The summed E-state index contributed by atoms with van der Waals surface area (Å²) < 4.78 is 23.6. The molecule has 0 saturated heterocycles. The first-order chi connectivity index (χ1) is 6.97. The van der Waals surface area contributed by atoms with Crippen molar-refractivity contribution in [2.24, 2.45) is 0 Å². The molecule has 5 nitrogen and oxygen atoms in total. The van der Waals surface area contributed by atoms with Gasteiger partial charge in [-0.05, 0) is 19.3 Å². The third kappa shape index (κ3) is 2.14. The van der Waals surface area contributed by atoms with Crippen molar-refractivity contribution < 1.29 is 8.42 Å². The topological polar surface area (TPSA) is 78.0 Å². The van der Waals surface area contributed by atoms with E-state index in [4.69, 9.17) is 5.73 Å². The van der Waals surface area contributed by atoms with Crippen LogP contribution in [-0.4, -0.2) is 30.2 Å². The molecule has 0 amide bonds. The summed E-state index contributed by atoms with van der Waals surface area (Å²) in [4.78, 5) is 0. The van der Waals surface area contributed by atoms with Crippen LogP contribution in [-0.2, 0) is 29.2 Å². The predicted molar refractivity (Wildman–Crippen MR) is 58.4 cm³/mol. The average molecular weight is 229 g/mol. The highest BCUT2D eigenvalue weighted by molar-refractivity contribution is 7.90. The van der Waals surface area contributed by atoms with Gasteiger partial charge in [-0.1, -0.05) is 0 Å². The van der Waals surface area contributed by atoms with Crippen LogP contribution in [0, 0.1) is 0 Å². The molecule has 0 unspecified atom stereocenters. The van der Waals surface area contributed by atoms with Crippen LogP contribution < -0.4 is 5.73 Å². The second kappa shape index (κ2) is 3.52. The minimum Gasteiger partial charge on any atom is -0.384 e. The second-order valence-corrected chi connectivity index (χ2v) is 6.28. The Labute approximate surface area is 89.2 Å². The lowest BCUT2D eigenvalue weighted by Gasteiger charge is -2.03. The van der Waals surface area contributed by atoms with Crippen molar-refractivity contribution in [3.8, 4) is 0 Å². The highest BCUT2D eigenvalue weighted by atomic mass is 32.2. The zero-order chi connectivity index (χ0) is 11.1. The van der Waals surface area contributed by atoms with Crippen LogP contribution in [0.4, 0.5) is 5.82 Å². The van der Waals surface area contributed by atoms with Crippen LogP contribution in [0.25, 0.3) is 0 Å². The molecule has 0 aromatic carbocycles. The highest BCUT2D eigenvalue weighted by Crippen LogP contribution is 2.26. The standard InChI is InChI=1S/C9H15N3O2S/c1-15(13,14)6-5-12-9(10)7-3-2-4-8(7)11-12/h2-6,10H2,1H3. The van der Waals surface area contributed by atoms with E-state index in [1.165, 1.54) is 6.26 Å². The van der Waals surface area contributed by atoms with E-state index in [0.717, 1.165) is 30.5 Å². The van der Waals surface area contributed by atoms with E-state index in [-0.39, 0.29) is 5.75 Å². The van der Waals surface area contributed by atoms with E-state index in [2.05, 4.69) is 5.10 Å². The Bertz CT molecular complexity index is 476. The fourth-order valence-electron chi connectivity index (χ4n) is 1.89. The quantitative estimate of drug-likeness (QED) is 0.791. The molecule has 0 saturated carbocycles. The number of nitrogen functional groups attached to an aromatic ring is 1. The van der Waals surface area contributed by atoms with Crippen LogP contribution in [0.2, 0.25) is 0 Å². The molecule has 1 aliphatic carbocycles. The number of rotatable bonds is 3. The number of hydrogen-bond acceptors (Lipinski definition) is 4. The van der Waals surface area contributed by atoms with Crippen molar-refractivity contribution in [3.05, 3.63) is 11.3 Å². The number of nitrogens with zero attached hydrogens (tertiary/aromatic N) is 2. The van der Waals surface area contributed by atoms with E-state index in [0.29, 0.717) is 12.4 Å². The lowest BCUT2D eigenvalue weighted by atomic mass is 10.3. The Morgan fingerprint density at radius 2 is 2.20 bits per heavy atom. The van der Waals surface area contributed by atoms with Crippen molar-refractivity contribution in [2.45, 2.75) is 25.8 Å². The summed E-state index contributed by atoms with van der Waals surface area (Å²) in [5.74, 6) is 0.740. The first-order valence-corrected chi connectivity index (χ1v) is 7.05. The van der Waals surface area contributed by atoms with Gasteiger partial charge in [-0.3, -0.25) is 0 Å². The van der Waals surface area contributed by atoms with Crippen molar-refractivity contribution in [2.75, 3.05) is 17.7 Å². The maximum atomic E-state index is 11.0. The number of nitrogens with two attached hydrogens (primary N) is 1. The van der Waals surface area contributed by atoms with Gasteiger partial charge in [0.2, 0.25) is 0 Å². The normalized spacial score (nSPS) is 15.5. The summed E-state index contributed by atoms with van der Waals surface area (Å²) in [7, 11) is -2.95. The van der Waals surface area contributed by atoms with Gasteiger partial charge in [-0.25, -0.2) is 13.1 Å². The maximum absolute atomic E-state index is 11.0. The smallest absolute Gasteiger partial charge is 0.149 e. The zero-order valence-corrected chi connectivity index (χ0v) is 9.55. The molecule has 84 valence electrons. The largest absolute Gasteiger partial charge is 0.384 e.